The van der Waals surface area contributed by atoms with Gasteiger partial charge in [0.1, 0.15) is 22.1 Å². The standard InChI is InChI=1S/C19H14ClNO5S/c20-17-8-4-5-9-18(17)27(23,24)21-19(22)26-16-12-10-15(11-13-16)25-14-6-2-1-3-7-14/h1-13H,(H,21,22). The Balaban J connectivity index is 1.63. The van der Waals surface area contributed by atoms with Crippen LogP contribution in [0.1, 0.15) is 0 Å². The molecule has 138 valence electrons. The summed E-state index contributed by atoms with van der Waals surface area (Å²) in [5, 5.41) is 0.000198. The Bertz CT molecular complexity index is 1040. The van der Waals surface area contributed by atoms with Crippen LogP contribution in [0.4, 0.5) is 4.79 Å². The molecule has 6 nitrogen and oxygen atoms in total. The topological polar surface area (TPSA) is 81.7 Å². The first kappa shape index (κ1) is 18.8. The predicted octanol–water partition coefficient (Wildman–Crippen LogP) is 4.61. The number of halogens is 1. The Labute approximate surface area is 161 Å². The lowest BCUT2D eigenvalue weighted by atomic mass is 10.3. The smallest absolute Gasteiger partial charge is 0.426 e. The van der Waals surface area contributed by atoms with Crippen molar-refractivity contribution in [1.29, 1.82) is 0 Å². The highest BCUT2D eigenvalue weighted by molar-refractivity contribution is 7.90. The minimum absolute atomic E-state index is 0.000198. The molecule has 3 aromatic rings. The van der Waals surface area contributed by atoms with E-state index in [0.29, 0.717) is 11.5 Å². The fraction of sp³-hybridized carbons (Fsp3) is 0. The molecule has 8 heteroatoms. The number of sulfonamides is 1. The molecule has 0 atom stereocenters. The van der Waals surface area contributed by atoms with Crippen LogP contribution in [0.25, 0.3) is 0 Å². The van der Waals surface area contributed by atoms with Gasteiger partial charge in [-0.25, -0.2) is 17.9 Å². The van der Waals surface area contributed by atoms with Crippen molar-refractivity contribution in [2.75, 3.05) is 0 Å². The van der Waals surface area contributed by atoms with Gasteiger partial charge in [-0.05, 0) is 48.5 Å². The molecule has 3 aromatic carbocycles. The summed E-state index contributed by atoms with van der Waals surface area (Å²) in [6.07, 6.45) is -1.15. The molecule has 3 rings (SSSR count). The molecule has 0 aliphatic heterocycles. The Morgan fingerprint density at radius 2 is 1.33 bits per heavy atom. The molecular formula is C19H14ClNO5S. The first-order valence-corrected chi connectivity index (χ1v) is 9.62. The second-order valence-corrected chi connectivity index (χ2v) is 7.37. The zero-order valence-corrected chi connectivity index (χ0v) is 15.4. The van der Waals surface area contributed by atoms with Crippen LogP contribution < -0.4 is 14.2 Å². The average Bonchev–Trinajstić information content (AvgIpc) is 2.64. The van der Waals surface area contributed by atoms with E-state index in [0.717, 1.165) is 0 Å². The van der Waals surface area contributed by atoms with Gasteiger partial charge in [-0.2, -0.15) is 0 Å². The van der Waals surface area contributed by atoms with Crippen molar-refractivity contribution in [3.05, 3.63) is 83.9 Å². The quantitative estimate of drug-likeness (QED) is 0.672. The number of carbonyl (C=O) groups is 1. The number of ether oxygens (including phenoxy) is 2. The number of rotatable bonds is 5. The third-order valence-corrected chi connectivity index (χ3v) is 5.17. The summed E-state index contributed by atoms with van der Waals surface area (Å²) in [5.74, 6) is 1.36. The lowest BCUT2D eigenvalue weighted by molar-refractivity contribution is 0.206. The summed E-state index contributed by atoms with van der Waals surface area (Å²) >= 11 is 5.85. The molecule has 1 amide bonds. The van der Waals surface area contributed by atoms with Crippen molar-refractivity contribution in [3.8, 4) is 17.2 Å². The van der Waals surface area contributed by atoms with Crippen molar-refractivity contribution in [2.45, 2.75) is 4.90 Å². The number of hydrogen-bond acceptors (Lipinski definition) is 5. The van der Waals surface area contributed by atoms with E-state index in [-0.39, 0.29) is 15.7 Å². The fourth-order valence-electron chi connectivity index (χ4n) is 2.16. The number of benzene rings is 3. The van der Waals surface area contributed by atoms with Crippen LogP contribution in [0.15, 0.2) is 83.8 Å². The van der Waals surface area contributed by atoms with Gasteiger partial charge in [0.2, 0.25) is 0 Å². The largest absolute Gasteiger partial charge is 0.457 e. The highest BCUT2D eigenvalue weighted by atomic mass is 35.5. The van der Waals surface area contributed by atoms with Gasteiger partial charge in [0.25, 0.3) is 10.0 Å². The molecule has 0 saturated heterocycles. The number of para-hydroxylation sites is 1. The third-order valence-electron chi connectivity index (χ3n) is 3.36. The number of carbonyl (C=O) groups excluding carboxylic acids is 1. The molecule has 0 radical (unpaired) electrons. The van der Waals surface area contributed by atoms with E-state index in [2.05, 4.69) is 0 Å². The summed E-state index contributed by atoms with van der Waals surface area (Å²) in [6, 6.07) is 21.1. The molecule has 0 heterocycles. The van der Waals surface area contributed by atoms with Crippen LogP contribution in [0.3, 0.4) is 0 Å². The first-order chi connectivity index (χ1) is 12.9. The molecule has 0 bridgehead atoms. The van der Waals surface area contributed by atoms with Crippen LogP contribution in [-0.2, 0) is 10.0 Å². The maximum atomic E-state index is 12.2. The van der Waals surface area contributed by atoms with Crippen molar-refractivity contribution in [3.63, 3.8) is 0 Å². The van der Waals surface area contributed by atoms with Gasteiger partial charge in [0, 0.05) is 0 Å². The van der Waals surface area contributed by atoms with Crippen LogP contribution in [0.2, 0.25) is 5.02 Å². The minimum Gasteiger partial charge on any atom is -0.457 e. The van der Waals surface area contributed by atoms with Crippen molar-refractivity contribution in [1.82, 2.24) is 4.72 Å². The van der Waals surface area contributed by atoms with Gasteiger partial charge in [0.15, 0.2) is 0 Å². The van der Waals surface area contributed by atoms with E-state index in [1.807, 2.05) is 22.9 Å². The second-order valence-electron chi connectivity index (χ2n) is 5.31. The van der Waals surface area contributed by atoms with Gasteiger partial charge in [-0.15, -0.1) is 0 Å². The number of amides is 1. The van der Waals surface area contributed by atoms with Crippen LogP contribution in [0.5, 0.6) is 17.2 Å². The Kier molecular flexibility index (Phi) is 5.63. The third kappa shape index (κ3) is 4.99. The van der Waals surface area contributed by atoms with E-state index < -0.39 is 16.1 Å². The van der Waals surface area contributed by atoms with Crippen LogP contribution >= 0.6 is 11.6 Å². The molecule has 0 aromatic heterocycles. The van der Waals surface area contributed by atoms with Crippen molar-refractivity contribution in [2.24, 2.45) is 0 Å². The van der Waals surface area contributed by atoms with E-state index >= 15 is 0 Å². The minimum atomic E-state index is -4.14. The summed E-state index contributed by atoms with van der Waals surface area (Å²) in [6.45, 7) is 0. The van der Waals surface area contributed by atoms with Crippen molar-refractivity contribution >= 4 is 27.7 Å². The SMILES string of the molecule is O=C(NS(=O)(=O)c1ccccc1Cl)Oc1ccc(Oc2ccccc2)cc1. The second kappa shape index (κ2) is 8.11. The number of hydrogen-bond donors (Lipinski definition) is 1. The van der Waals surface area contributed by atoms with Crippen LogP contribution in [0, 0.1) is 0 Å². The fourth-order valence-corrected chi connectivity index (χ4v) is 3.55. The van der Waals surface area contributed by atoms with E-state index in [4.69, 9.17) is 21.1 Å². The highest BCUT2D eigenvalue weighted by Gasteiger charge is 2.21. The van der Waals surface area contributed by atoms with E-state index in [1.165, 1.54) is 30.3 Å². The van der Waals surface area contributed by atoms with Gasteiger partial charge >= 0.3 is 6.09 Å². The van der Waals surface area contributed by atoms with Gasteiger partial charge in [-0.3, -0.25) is 0 Å². The predicted molar refractivity (Wildman–Crippen MR) is 101 cm³/mol. The maximum absolute atomic E-state index is 12.2. The Morgan fingerprint density at radius 3 is 2.00 bits per heavy atom. The summed E-state index contributed by atoms with van der Waals surface area (Å²) < 4.78 is 36.8. The molecule has 0 fully saturated rings. The molecule has 0 saturated carbocycles. The lowest BCUT2D eigenvalue weighted by Crippen LogP contribution is -2.33. The summed E-state index contributed by atoms with van der Waals surface area (Å²) in [5.41, 5.74) is 0. The molecule has 1 N–H and O–H groups in total. The van der Waals surface area contributed by atoms with Crippen molar-refractivity contribution < 1.29 is 22.7 Å². The molecule has 0 aliphatic rings. The normalized spacial score (nSPS) is 10.9. The monoisotopic (exact) mass is 403 g/mol. The van der Waals surface area contributed by atoms with E-state index in [1.54, 1.807) is 30.3 Å². The zero-order chi connectivity index (χ0) is 19.3. The average molecular weight is 404 g/mol. The van der Waals surface area contributed by atoms with Gasteiger partial charge in [0.05, 0.1) is 5.02 Å². The van der Waals surface area contributed by atoms with Gasteiger partial charge in [-0.1, -0.05) is 41.9 Å². The summed E-state index contributed by atoms with van der Waals surface area (Å²) in [7, 11) is -4.14. The molecule has 0 unspecified atom stereocenters. The zero-order valence-electron chi connectivity index (χ0n) is 13.8. The lowest BCUT2D eigenvalue weighted by Gasteiger charge is -2.09. The Hall–Kier alpha value is -3.03. The van der Waals surface area contributed by atoms with Gasteiger partial charge < -0.3 is 9.47 Å². The Morgan fingerprint density at radius 1 is 0.778 bits per heavy atom. The van der Waals surface area contributed by atoms with E-state index in [9.17, 15) is 13.2 Å². The molecule has 27 heavy (non-hydrogen) atoms. The first-order valence-electron chi connectivity index (χ1n) is 7.76. The molecular weight excluding hydrogens is 390 g/mol. The highest BCUT2D eigenvalue weighted by Crippen LogP contribution is 2.24. The molecule has 0 aliphatic carbocycles. The molecule has 0 spiro atoms. The maximum Gasteiger partial charge on any atom is 0.426 e. The summed E-state index contributed by atoms with van der Waals surface area (Å²) in [4.78, 5) is 11.7. The van der Waals surface area contributed by atoms with Crippen LogP contribution in [-0.4, -0.2) is 14.5 Å². The number of nitrogens with one attached hydrogen (secondary N) is 1.